The lowest BCUT2D eigenvalue weighted by Gasteiger charge is -2.30. The van der Waals surface area contributed by atoms with Crippen LogP contribution in [-0.4, -0.2) is 20.9 Å². The van der Waals surface area contributed by atoms with Gasteiger partial charge in [0.1, 0.15) is 0 Å². The molecular formula is C23H21ClN2O3S. The highest BCUT2D eigenvalue weighted by molar-refractivity contribution is 7.92. The van der Waals surface area contributed by atoms with Crippen molar-refractivity contribution in [1.82, 2.24) is 0 Å². The van der Waals surface area contributed by atoms with Crippen LogP contribution in [0.4, 0.5) is 11.4 Å². The molecule has 0 fully saturated rings. The number of halogens is 1. The summed E-state index contributed by atoms with van der Waals surface area (Å²) in [6.07, 6.45) is 1.40. The maximum absolute atomic E-state index is 13.2. The molecule has 7 heteroatoms. The maximum Gasteiger partial charge on any atom is 0.264 e. The monoisotopic (exact) mass is 440 g/mol. The number of carbonyl (C=O) groups excluding carboxylic acids is 1. The minimum absolute atomic E-state index is 0.265. The average Bonchev–Trinajstić information content (AvgIpc) is 2.74. The highest BCUT2D eigenvalue weighted by Crippen LogP contribution is 2.33. The van der Waals surface area contributed by atoms with Crippen LogP contribution in [0, 0.1) is 6.92 Å². The standard InChI is InChI=1S/C23H21ClN2O3S/c1-16-8-11-19(12-9-16)30(28,29)26-14-4-5-17-15-18(10-13-22(17)26)23(27)25-21-7-3-2-6-20(21)24/h2-3,6-13,15H,4-5,14H2,1H3,(H,25,27). The molecule has 0 unspecified atom stereocenters. The Morgan fingerprint density at radius 2 is 1.77 bits per heavy atom. The van der Waals surface area contributed by atoms with E-state index in [0.717, 1.165) is 11.1 Å². The van der Waals surface area contributed by atoms with E-state index in [0.29, 0.717) is 41.3 Å². The number of hydrogen-bond acceptors (Lipinski definition) is 3. The molecule has 1 N–H and O–H groups in total. The molecule has 0 saturated carbocycles. The first-order valence-corrected chi connectivity index (χ1v) is 11.5. The average molecular weight is 441 g/mol. The van der Waals surface area contributed by atoms with Crippen molar-refractivity contribution in [1.29, 1.82) is 0 Å². The Balaban J connectivity index is 1.63. The van der Waals surface area contributed by atoms with E-state index >= 15 is 0 Å². The molecule has 3 aromatic carbocycles. The van der Waals surface area contributed by atoms with Gasteiger partial charge < -0.3 is 5.32 Å². The molecule has 5 nitrogen and oxygen atoms in total. The van der Waals surface area contributed by atoms with Crippen LogP contribution >= 0.6 is 11.6 Å². The number of fused-ring (bicyclic) bond motifs is 1. The number of nitrogens with zero attached hydrogens (tertiary/aromatic N) is 1. The number of nitrogens with one attached hydrogen (secondary N) is 1. The van der Waals surface area contributed by atoms with Gasteiger partial charge in [0.05, 0.1) is 21.3 Å². The topological polar surface area (TPSA) is 66.5 Å². The number of rotatable bonds is 4. The molecule has 0 spiro atoms. The zero-order valence-electron chi connectivity index (χ0n) is 16.4. The minimum Gasteiger partial charge on any atom is -0.321 e. The smallest absolute Gasteiger partial charge is 0.264 e. The molecule has 3 aromatic rings. The summed E-state index contributed by atoms with van der Waals surface area (Å²) in [7, 11) is -3.66. The highest BCUT2D eigenvalue weighted by Gasteiger charge is 2.29. The molecule has 0 aromatic heterocycles. The van der Waals surface area contributed by atoms with Crippen LogP contribution in [0.1, 0.15) is 27.9 Å². The van der Waals surface area contributed by atoms with Crippen molar-refractivity contribution in [2.75, 3.05) is 16.2 Å². The van der Waals surface area contributed by atoms with Crippen LogP contribution < -0.4 is 9.62 Å². The lowest BCUT2D eigenvalue weighted by molar-refractivity contribution is 0.102. The maximum atomic E-state index is 13.2. The van der Waals surface area contributed by atoms with E-state index in [4.69, 9.17) is 11.6 Å². The molecule has 0 radical (unpaired) electrons. The van der Waals surface area contributed by atoms with Crippen LogP contribution in [0.2, 0.25) is 5.02 Å². The van der Waals surface area contributed by atoms with Gasteiger partial charge in [-0.1, -0.05) is 41.4 Å². The molecule has 0 bridgehead atoms. The van der Waals surface area contributed by atoms with Gasteiger partial charge >= 0.3 is 0 Å². The number of amides is 1. The summed E-state index contributed by atoms with van der Waals surface area (Å²) in [6.45, 7) is 2.33. The molecular weight excluding hydrogens is 420 g/mol. The Kier molecular flexibility index (Phi) is 5.54. The highest BCUT2D eigenvalue weighted by atomic mass is 35.5. The lowest BCUT2D eigenvalue weighted by Crippen LogP contribution is -2.35. The molecule has 1 aliphatic heterocycles. The number of para-hydroxylation sites is 1. The minimum atomic E-state index is -3.66. The van der Waals surface area contributed by atoms with Crippen molar-refractivity contribution < 1.29 is 13.2 Å². The number of carbonyl (C=O) groups is 1. The summed E-state index contributed by atoms with van der Waals surface area (Å²) in [5.41, 5.74) is 3.45. The molecule has 4 rings (SSSR count). The summed E-state index contributed by atoms with van der Waals surface area (Å²) in [6, 6.07) is 19.0. The zero-order valence-corrected chi connectivity index (χ0v) is 18.0. The number of hydrogen-bond donors (Lipinski definition) is 1. The largest absolute Gasteiger partial charge is 0.321 e. The van der Waals surface area contributed by atoms with Crippen LogP contribution in [0.15, 0.2) is 71.6 Å². The third kappa shape index (κ3) is 3.93. The number of benzene rings is 3. The molecule has 30 heavy (non-hydrogen) atoms. The molecule has 1 heterocycles. The van der Waals surface area contributed by atoms with Crippen molar-refractivity contribution in [2.24, 2.45) is 0 Å². The first-order chi connectivity index (χ1) is 14.4. The van der Waals surface area contributed by atoms with Gasteiger partial charge in [-0.05, 0) is 67.8 Å². The SMILES string of the molecule is Cc1ccc(S(=O)(=O)N2CCCc3cc(C(=O)Nc4ccccc4Cl)ccc32)cc1. The van der Waals surface area contributed by atoms with E-state index in [-0.39, 0.29) is 10.8 Å². The van der Waals surface area contributed by atoms with Gasteiger partial charge in [-0.3, -0.25) is 9.10 Å². The van der Waals surface area contributed by atoms with E-state index < -0.39 is 10.0 Å². The quantitative estimate of drug-likeness (QED) is 0.617. The van der Waals surface area contributed by atoms with Crippen LogP contribution in [0.5, 0.6) is 0 Å². The van der Waals surface area contributed by atoms with Crippen molar-refractivity contribution >= 4 is 38.9 Å². The third-order valence-electron chi connectivity index (χ3n) is 5.15. The molecule has 1 aliphatic rings. The van der Waals surface area contributed by atoms with Crippen molar-refractivity contribution in [3.05, 3.63) is 88.4 Å². The molecule has 0 saturated heterocycles. The predicted octanol–water partition coefficient (Wildman–Crippen LogP) is 5.04. The number of sulfonamides is 1. The van der Waals surface area contributed by atoms with Gasteiger partial charge in [-0.15, -0.1) is 0 Å². The van der Waals surface area contributed by atoms with Gasteiger partial charge in [0.2, 0.25) is 0 Å². The van der Waals surface area contributed by atoms with Crippen molar-refractivity contribution in [2.45, 2.75) is 24.7 Å². The summed E-state index contributed by atoms with van der Waals surface area (Å²) >= 11 is 6.12. The van der Waals surface area contributed by atoms with Gasteiger partial charge in [0.15, 0.2) is 0 Å². The Bertz CT molecular complexity index is 1210. The normalized spacial score (nSPS) is 13.6. The Morgan fingerprint density at radius 3 is 2.50 bits per heavy atom. The summed E-state index contributed by atoms with van der Waals surface area (Å²) in [5.74, 6) is -0.288. The number of aryl methyl sites for hydroxylation is 2. The van der Waals surface area contributed by atoms with Gasteiger partial charge in [0, 0.05) is 12.1 Å². The fourth-order valence-corrected chi connectivity index (χ4v) is 5.27. The second-order valence-electron chi connectivity index (χ2n) is 7.27. The summed E-state index contributed by atoms with van der Waals surface area (Å²) < 4.78 is 27.8. The Labute approximate surface area is 181 Å². The van der Waals surface area contributed by atoms with E-state index in [1.807, 2.05) is 6.92 Å². The van der Waals surface area contributed by atoms with Crippen LogP contribution in [0.3, 0.4) is 0 Å². The summed E-state index contributed by atoms with van der Waals surface area (Å²) in [5, 5.41) is 3.26. The third-order valence-corrected chi connectivity index (χ3v) is 7.31. The second kappa shape index (κ2) is 8.13. The lowest BCUT2D eigenvalue weighted by atomic mass is 10.0. The summed E-state index contributed by atoms with van der Waals surface area (Å²) in [4.78, 5) is 12.9. The van der Waals surface area contributed by atoms with E-state index in [1.54, 1.807) is 66.7 Å². The first-order valence-electron chi connectivity index (χ1n) is 9.64. The van der Waals surface area contributed by atoms with E-state index in [9.17, 15) is 13.2 Å². The predicted molar refractivity (Wildman–Crippen MR) is 120 cm³/mol. The zero-order chi connectivity index (χ0) is 21.3. The van der Waals surface area contributed by atoms with Crippen molar-refractivity contribution in [3.8, 4) is 0 Å². The van der Waals surface area contributed by atoms with Crippen molar-refractivity contribution in [3.63, 3.8) is 0 Å². The van der Waals surface area contributed by atoms with Crippen LogP contribution in [0.25, 0.3) is 0 Å². The fraction of sp³-hybridized carbons (Fsp3) is 0.174. The molecule has 154 valence electrons. The molecule has 0 atom stereocenters. The van der Waals surface area contributed by atoms with Gasteiger partial charge in [-0.2, -0.15) is 0 Å². The molecule has 1 amide bonds. The second-order valence-corrected chi connectivity index (χ2v) is 9.54. The van der Waals surface area contributed by atoms with E-state index in [2.05, 4.69) is 5.32 Å². The van der Waals surface area contributed by atoms with Gasteiger partial charge in [0.25, 0.3) is 15.9 Å². The molecule has 0 aliphatic carbocycles. The Hall–Kier alpha value is -2.83. The number of anilines is 2. The first kappa shape index (κ1) is 20.4. The fourth-order valence-electron chi connectivity index (χ4n) is 3.55. The van der Waals surface area contributed by atoms with Crippen LogP contribution in [-0.2, 0) is 16.4 Å². The van der Waals surface area contributed by atoms with E-state index in [1.165, 1.54) is 4.31 Å². The van der Waals surface area contributed by atoms with Gasteiger partial charge in [-0.25, -0.2) is 8.42 Å². The Morgan fingerprint density at radius 1 is 1.03 bits per heavy atom.